The van der Waals surface area contributed by atoms with Gasteiger partial charge in [-0.25, -0.2) is 13.1 Å². The lowest BCUT2D eigenvalue weighted by Gasteiger charge is -2.07. The number of esters is 1. The number of rotatable bonds is 6. The van der Waals surface area contributed by atoms with Gasteiger partial charge < -0.3 is 4.74 Å². The molecule has 0 aliphatic carbocycles. The van der Waals surface area contributed by atoms with Crippen molar-refractivity contribution < 1.29 is 17.9 Å². The zero-order valence-electron chi connectivity index (χ0n) is 13.9. The van der Waals surface area contributed by atoms with E-state index in [4.69, 9.17) is 4.74 Å². The molecule has 3 aromatic rings. The summed E-state index contributed by atoms with van der Waals surface area (Å²) in [4.78, 5) is 12.1. The zero-order valence-corrected chi connectivity index (χ0v) is 14.8. The maximum atomic E-state index is 12.7. The standard InChI is InChI=1S/C17H16N4O4S/c1-13-7-9-15(10-8-13)26(23,24)17-18-19-20-21(17)11-16(22)25-12-14-5-3-2-4-6-14/h2-10H,11-12H2,1H3. The van der Waals surface area contributed by atoms with Crippen LogP contribution in [0.1, 0.15) is 11.1 Å². The van der Waals surface area contributed by atoms with Gasteiger partial charge in [0.25, 0.3) is 5.16 Å². The number of hydrogen-bond acceptors (Lipinski definition) is 7. The lowest BCUT2D eigenvalue weighted by atomic mass is 10.2. The highest BCUT2D eigenvalue weighted by Crippen LogP contribution is 2.18. The van der Waals surface area contributed by atoms with E-state index in [1.165, 1.54) is 12.1 Å². The maximum Gasteiger partial charge on any atom is 0.328 e. The number of aryl methyl sites for hydroxylation is 1. The fourth-order valence-corrected chi connectivity index (χ4v) is 3.44. The third-order valence-electron chi connectivity index (χ3n) is 3.59. The largest absolute Gasteiger partial charge is 0.459 e. The molecule has 1 heterocycles. The number of ether oxygens (including phenoxy) is 1. The Hall–Kier alpha value is -3.07. The van der Waals surface area contributed by atoms with E-state index in [1.807, 2.05) is 37.3 Å². The fraction of sp³-hybridized carbons (Fsp3) is 0.176. The summed E-state index contributed by atoms with van der Waals surface area (Å²) in [6, 6.07) is 15.4. The third-order valence-corrected chi connectivity index (χ3v) is 5.26. The average Bonchev–Trinajstić information content (AvgIpc) is 3.10. The topological polar surface area (TPSA) is 104 Å². The predicted octanol–water partition coefficient (Wildman–Crippen LogP) is 1.56. The van der Waals surface area contributed by atoms with Crippen LogP contribution in [0.2, 0.25) is 0 Å². The number of aromatic nitrogens is 4. The smallest absolute Gasteiger partial charge is 0.328 e. The van der Waals surface area contributed by atoms with E-state index in [9.17, 15) is 13.2 Å². The van der Waals surface area contributed by atoms with Crippen molar-refractivity contribution in [2.75, 3.05) is 0 Å². The predicted molar refractivity (Wildman–Crippen MR) is 90.7 cm³/mol. The minimum atomic E-state index is -3.94. The van der Waals surface area contributed by atoms with Gasteiger partial charge in [0, 0.05) is 0 Å². The minimum absolute atomic E-state index is 0.0526. The zero-order chi connectivity index (χ0) is 18.6. The van der Waals surface area contributed by atoms with Crippen LogP contribution >= 0.6 is 0 Å². The Balaban J connectivity index is 1.74. The molecular weight excluding hydrogens is 356 g/mol. The second-order valence-corrected chi connectivity index (χ2v) is 7.43. The van der Waals surface area contributed by atoms with Crippen molar-refractivity contribution in [1.29, 1.82) is 0 Å². The van der Waals surface area contributed by atoms with E-state index < -0.39 is 27.5 Å². The molecule has 0 bridgehead atoms. The molecule has 8 nitrogen and oxygen atoms in total. The number of sulfone groups is 1. The second-order valence-electron chi connectivity index (χ2n) is 5.58. The summed E-state index contributed by atoms with van der Waals surface area (Å²) in [5.41, 5.74) is 1.75. The van der Waals surface area contributed by atoms with Gasteiger partial charge >= 0.3 is 5.97 Å². The van der Waals surface area contributed by atoms with Crippen molar-refractivity contribution in [3.63, 3.8) is 0 Å². The van der Waals surface area contributed by atoms with Gasteiger partial charge in [-0.2, -0.15) is 0 Å². The quantitative estimate of drug-likeness (QED) is 0.605. The summed E-state index contributed by atoms with van der Waals surface area (Å²) in [7, 11) is -3.94. The molecule has 0 saturated heterocycles. The third kappa shape index (κ3) is 3.94. The van der Waals surface area contributed by atoms with Gasteiger partial charge in [0.15, 0.2) is 0 Å². The number of tetrazole rings is 1. The van der Waals surface area contributed by atoms with Crippen LogP contribution in [0.15, 0.2) is 64.6 Å². The highest BCUT2D eigenvalue weighted by atomic mass is 32.2. The summed E-state index contributed by atoms with van der Waals surface area (Å²) in [5.74, 6) is -0.637. The van der Waals surface area contributed by atoms with Gasteiger partial charge in [-0.1, -0.05) is 53.1 Å². The molecule has 0 N–H and O–H groups in total. The Morgan fingerprint density at radius 2 is 1.77 bits per heavy atom. The monoisotopic (exact) mass is 372 g/mol. The Bertz CT molecular complexity index is 999. The van der Waals surface area contributed by atoms with Gasteiger partial charge in [-0.05, 0) is 35.0 Å². The van der Waals surface area contributed by atoms with Crippen LogP contribution in [0.4, 0.5) is 0 Å². The molecule has 0 aliphatic heterocycles. The summed E-state index contributed by atoms with van der Waals surface area (Å²) in [6.45, 7) is 1.53. The lowest BCUT2D eigenvalue weighted by molar-refractivity contribution is -0.146. The SMILES string of the molecule is Cc1ccc(S(=O)(=O)c2nnnn2CC(=O)OCc2ccccc2)cc1. The first-order valence-corrected chi connectivity index (χ1v) is 9.22. The van der Waals surface area contributed by atoms with Gasteiger partial charge in [0.1, 0.15) is 13.2 Å². The molecule has 134 valence electrons. The molecule has 0 aliphatic rings. The molecule has 0 unspecified atom stereocenters. The first-order chi connectivity index (χ1) is 12.5. The molecular formula is C17H16N4O4S. The second kappa shape index (κ2) is 7.44. The number of nitrogens with zero attached hydrogens (tertiary/aromatic N) is 4. The molecule has 0 amide bonds. The molecule has 3 rings (SSSR count). The Morgan fingerprint density at radius 1 is 1.08 bits per heavy atom. The number of carbonyl (C=O) groups is 1. The number of benzene rings is 2. The van der Waals surface area contributed by atoms with E-state index in [0.717, 1.165) is 15.8 Å². The average molecular weight is 372 g/mol. The molecule has 0 atom stereocenters. The van der Waals surface area contributed by atoms with E-state index in [2.05, 4.69) is 15.5 Å². The normalized spacial score (nSPS) is 11.3. The Labute approximate surface area is 150 Å². The molecule has 1 aromatic heterocycles. The van der Waals surface area contributed by atoms with Crippen LogP contribution in [-0.2, 0) is 32.5 Å². The van der Waals surface area contributed by atoms with Gasteiger partial charge in [0.2, 0.25) is 9.84 Å². The van der Waals surface area contributed by atoms with Crippen LogP contribution < -0.4 is 0 Å². The van der Waals surface area contributed by atoms with Crippen molar-refractivity contribution in [3.05, 3.63) is 65.7 Å². The summed E-state index contributed by atoms with van der Waals surface area (Å²) in [6.07, 6.45) is 0. The van der Waals surface area contributed by atoms with Crippen LogP contribution in [0.5, 0.6) is 0 Å². The van der Waals surface area contributed by atoms with E-state index >= 15 is 0 Å². The van der Waals surface area contributed by atoms with E-state index in [-0.39, 0.29) is 11.5 Å². The molecule has 2 aromatic carbocycles. The molecule has 0 saturated carbocycles. The lowest BCUT2D eigenvalue weighted by Crippen LogP contribution is -2.19. The van der Waals surface area contributed by atoms with Crippen LogP contribution in [0.3, 0.4) is 0 Å². The Kier molecular flexibility index (Phi) is 5.08. The van der Waals surface area contributed by atoms with Crippen molar-refractivity contribution in [1.82, 2.24) is 20.2 Å². The van der Waals surface area contributed by atoms with Crippen molar-refractivity contribution in [2.45, 2.75) is 30.1 Å². The van der Waals surface area contributed by atoms with E-state index in [1.54, 1.807) is 12.1 Å². The van der Waals surface area contributed by atoms with Gasteiger partial charge in [-0.3, -0.25) is 4.79 Å². The van der Waals surface area contributed by atoms with Gasteiger partial charge in [0.05, 0.1) is 4.90 Å². The van der Waals surface area contributed by atoms with Gasteiger partial charge in [-0.15, -0.1) is 0 Å². The summed E-state index contributed by atoms with van der Waals surface area (Å²) < 4.78 is 31.4. The first kappa shape index (κ1) is 17.7. The molecule has 0 spiro atoms. The summed E-state index contributed by atoms with van der Waals surface area (Å²) >= 11 is 0. The molecule has 9 heteroatoms. The van der Waals surface area contributed by atoms with Crippen molar-refractivity contribution in [3.8, 4) is 0 Å². The van der Waals surface area contributed by atoms with Crippen LogP contribution in [0.25, 0.3) is 0 Å². The molecule has 0 fully saturated rings. The number of hydrogen-bond donors (Lipinski definition) is 0. The fourth-order valence-electron chi connectivity index (χ4n) is 2.22. The van der Waals surface area contributed by atoms with Crippen molar-refractivity contribution >= 4 is 15.8 Å². The highest BCUT2D eigenvalue weighted by Gasteiger charge is 2.26. The van der Waals surface area contributed by atoms with Crippen LogP contribution in [0, 0.1) is 6.92 Å². The first-order valence-electron chi connectivity index (χ1n) is 7.74. The molecule has 26 heavy (non-hydrogen) atoms. The molecule has 0 radical (unpaired) electrons. The number of carbonyl (C=O) groups excluding carboxylic acids is 1. The maximum absolute atomic E-state index is 12.7. The van der Waals surface area contributed by atoms with E-state index in [0.29, 0.717) is 0 Å². The highest BCUT2D eigenvalue weighted by molar-refractivity contribution is 7.91. The Morgan fingerprint density at radius 3 is 2.46 bits per heavy atom. The summed E-state index contributed by atoms with van der Waals surface area (Å²) in [5, 5.41) is 10.1. The minimum Gasteiger partial charge on any atom is -0.459 e. The van der Waals surface area contributed by atoms with Crippen molar-refractivity contribution in [2.24, 2.45) is 0 Å². The van der Waals surface area contributed by atoms with Crippen LogP contribution in [-0.4, -0.2) is 34.6 Å².